The first-order valence-corrected chi connectivity index (χ1v) is 9.50. The van der Waals surface area contributed by atoms with Crippen molar-refractivity contribution in [2.24, 2.45) is 5.92 Å². The second-order valence-corrected chi connectivity index (χ2v) is 7.33. The summed E-state index contributed by atoms with van der Waals surface area (Å²) >= 11 is 0. The molecule has 1 aromatic carbocycles. The predicted octanol–water partition coefficient (Wildman–Crippen LogP) is 2.37. The summed E-state index contributed by atoms with van der Waals surface area (Å²) in [6, 6.07) is 5.81. The van der Waals surface area contributed by atoms with Crippen LogP contribution in [0.3, 0.4) is 0 Å². The van der Waals surface area contributed by atoms with Crippen molar-refractivity contribution in [2.45, 2.75) is 32.7 Å². The Bertz CT molecular complexity index is 1050. The number of benzene rings is 1. The molecule has 0 spiro atoms. The minimum absolute atomic E-state index is 0.0703. The quantitative estimate of drug-likeness (QED) is 0.693. The number of piperidine rings is 1. The molecule has 0 atom stereocenters. The van der Waals surface area contributed by atoms with E-state index in [1.807, 2.05) is 4.90 Å². The van der Waals surface area contributed by atoms with Crippen molar-refractivity contribution in [2.75, 3.05) is 13.1 Å². The lowest BCUT2D eigenvalue weighted by molar-refractivity contribution is -0.132. The normalized spacial score (nSPS) is 15.3. The van der Waals surface area contributed by atoms with Crippen molar-refractivity contribution in [1.82, 2.24) is 24.2 Å². The molecule has 1 aliphatic heterocycles. The molecule has 0 bridgehead atoms. The van der Waals surface area contributed by atoms with Gasteiger partial charge in [0.25, 0.3) is 5.56 Å². The van der Waals surface area contributed by atoms with Crippen molar-refractivity contribution in [3.05, 3.63) is 53.0 Å². The van der Waals surface area contributed by atoms with Gasteiger partial charge in [-0.1, -0.05) is 6.92 Å². The molecule has 1 amide bonds. The number of rotatable bonds is 4. The molecule has 0 unspecified atom stereocenters. The molecule has 0 N–H and O–H groups in total. The zero-order valence-electron chi connectivity index (χ0n) is 15.7. The molecule has 1 fully saturated rings. The second kappa shape index (κ2) is 7.53. The van der Waals surface area contributed by atoms with Crippen LogP contribution in [0.15, 0.2) is 41.6 Å². The van der Waals surface area contributed by atoms with Crippen LogP contribution in [0, 0.1) is 11.7 Å². The van der Waals surface area contributed by atoms with Gasteiger partial charge >= 0.3 is 0 Å². The molecule has 1 aliphatic rings. The van der Waals surface area contributed by atoms with E-state index in [4.69, 9.17) is 0 Å². The van der Waals surface area contributed by atoms with Crippen LogP contribution < -0.4 is 5.56 Å². The van der Waals surface area contributed by atoms with Crippen LogP contribution in [0.1, 0.15) is 26.2 Å². The maximum atomic E-state index is 13.1. The molecular formula is C20H22FN5O2. The fraction of sp³-hybridized carbons (Fsp3) is 0.400. The number of aromatic nitrogens is 4. The second-order valence-electron chi connectivity index (χ2n) is 7.33. The van der Waals surface area contributed by atoms with Crippen LogP contribution >= 0.6 is 0 Å². The summed E-state index contributed by atoms with van der Waals surface area (Å²) in [5.74, 6) is 0.389. The molecular weight excluding hydrogens is 361 g/mol. The van der Waals surface area contributed by atoms with Crippen LogP contribution in [-0.2, 0) is 11.3 Å². The first kappa shape index (κ1) is 18.3. The lowest BCUT2D eigenvalue weighted by Crippen LogP contribution is -2.38. The van der Waals surface area contributed by atoms with Crippen LogP contribution in [0.25, 0.3) is 16.7 Å². The van der Waals surface area contributed by atoms with Gasteiger partial charge in [0.2, 0.25) is 5.91 Å². The number of aryl methyl sites for hydroxylation is 1. The molecule has 0 radical (unpaired) electrons. The Labute approximate surface area is 161 Å². The van der Waals surface area contributed by atoms with E-state index in [1.165, 1.54) is 33.9 Å². The summed E-state index contributed by atoms with van der Waals surface area (Å²) in [7, 11) is 0. The first-order valence-electron chi connectivity index (χ1n) is 9.50. The van der Waals surface area contributed by atoms with Gasteiger partial charge < -0.3 is 4.90 Å². The van der Waals surface area contributed by atoms with Crippen LogP contribution in [0.5, 0.6) is 0 Å². The van der Waals surface area contributed by atoms with Crippen molar-refractivity contribution < 1.29 is 9.18 Å². The predicted molar refractivity (Wildman–Crippen MR) is 103 cm³/mol. The number of halogens is 1. The highest BCUT2D eigenvalue weighted by Gasteiger charge is 2.20. The highest BCUT2D eigenvalue weighted by molar-refractivity contribution is 5.76. The highest BCUT2D eigenvalue weighted by Crippen LogP contribution is 2.17. The zero-order chi connectivity index (χ0) is 19.7. The third kappa shape index (κ3) is 3.54. The molecule has 0 aliphatic carbocycles. The van der Waals surface area contributed by atoms with Gasteiger partial charge in [0.1, 0.15) is 11.2 Å². The summed E-state index contributed by atoms with van der Waals surface area (Å²) in [5.41, 5.74) is 0.790. The van der Waals surface area contributed by atoms with E-state index < -0.39 is 0 Å². The van der Waals surface area contributed by atoms with Crippen LogP contribution in [-0.4, -0.2) is 43.2 Å². The van der Waals surface area contributed by atoms with Crippen molar-refractivity contribution in [1.29, 1.82) is 0 Å². The average Bonchev–Trinajstić information content (AvgIpc) is 3.13. The standard InChI is InChI=1S/C20H22FN5O2/c1-14-6-9-24(10-7-14)18(27)8-11-25-13-22-19-17(20(25)28)12-23-26(19)16-4-2-15(21)3-5-16/h2-5,12-14H,6-11H2,1H3. The van der Waals surface area contributed by atoms with Gasteiger partial charge in [0.15, 0.2) is 5.65 Å². The van der Waals surface area contributed by atoms with Gasteiger partial charge in [0, 0.05) is 26.1 Å². The largest absolute Gasteiger partial charge is 0.343 e. The molecule has 3 heterocycles. The third-order valence-corrected chi connectivity index (χ3v) is 5.33. The molecule has 4 rings (SSSR count). The number of hydrogen-bond donors (Lipinski definition) is 0. The van der Waals surface area contributed by atoms with E-state index in [0.717, 1.165) is 25.9 Å². The fourth-order valence-corrected chi connectivity index (χ4v) is 3.51. The number of nitrogens with zero attached hydrogens (tertiary/aromatic N) is 5. The minimum Gasteiger partial charge on any atom is -0.343 e. The van der Waals surface area contributed by atoms with Gasteiger partial charge in [-0.25, -0.2) is 14.1 Å². The Morgan fingerprint density at radius 3 is 2.64 bits per heavy atom. The Hall–Kier alpha value is -3.03. The molecule has 2 aromatic heterocycles. The summed E-state index contributed by atoms with van der Waals surface area (Å²) < 4.78 is 16.1. The summed E-state index contributed by atoms with van der Waals surface area (Å²) in [5, 5.41) is 4.58. The Balaban J connectivity index is 1.51. The van der Waals surface area contributed by atoms with Gasteiger partial charge in [-0.2, -0.15) is 5.10 Å². The third-order valence-electron chi connectivity index (χ3n) is 5.33. The summed E-state index contributed by atoms with van der Waals surface area (Å²) in [6.07, 6.45) is 5.23. The number of fused-ring (bicyclic) bond motifs is 1. The lowest BCUT2D eigenvalue weighted by atomic mass is 9.99. The van der Waals surface area contributed by atoms with Gasteiger partial charge in [-0.15, -0.1) is 0 Å². The van der Waals surface area contributed by atoms with E-state index in [1.54, 1.807) is 12.1 Å². The molecule has 146 valence electrons. The Morgan fingerprint density at radius 2 is 1.93 bits per heavy atom. The van der Waals surface area contributed by atoms with E-state index in [-0.39, 0.29) is 30.2 Å². The average molecular weight is 383 g/mol. The number of carbonyl (C=O) groups is 1. The summed E-state index contributed by atoms with van der Waals surface area (Å²) in [6.45, 7) is 4.07. The molecule has 1 saturated heterocycles. The molecule has 0 saturated carbocycles. The van der Waals surface area contributed by atoms with Crippen molar-refractivity contribution in [3.63, 3.8) is 0 Å². The van der Waals surface area contributed by atoms with Gasteiger partial charge in [-0.05, 0) is 43.0 Å². The molecule has 3 aromatic rings. The Kier molecular flexibility index (Phi) is 4.93. The minimum atomic E-state index is -0.344. The van der Waals surface area contributed by atoms with Crippen LogP contribution in [0.4, 0.5) is 4.39 Å². The maximum Gasteiger partial charge on any atom is 0.264 e. The van der Waals surface area contributed by atoms with E-state index in [9.17, 15) is 14.0 Å². The summed E-state index contributed by atoms with van der Waals surface area (Å²) in [4.78, 5) is 31.4. The Morgan fingerprint density at radius 1 is 1.21 bits per heavy atom. The maximum absolute atomic E-state index is 13.1. The molecule has 7 nitrogen and oxygen atoms in total. The van der Waals surface area contributed by atoms with E-state index >= 15 is 0 Å². The van der Waals surface area contributed by atoms with Gasteiger partial charge in [-0.3, -0.25) is 14.2 Å². The number of carbonyl (C=O) groups excluding carboxylic acids is 1. The number of amides is 1. The van der Waals surface area contributed by atoms with Crippen LogP contribution in [0.2, 0.25) is 0 Å². The van der Waals surface area contributed by atoms with Gasteiger partial charge in [0.05, 0.1) is 18.2 Å². The molecule has 8 heteroatoms. The first-order chi connectivity index (χ1) is 13.5. The smallest absolute Gasteiger partial charge is 0.264 e. The lowest BCUT2D eigenvalue weighted by Gasteiger charge is -2.30. The van der Waals surface area contributed by atoms with Crippen molar-refractivity contribution >= 4 is 16.9 Å². The highest BCUT2D eigenvalue weighted by atomic mass is 19.1. The fourth-order valence-electron chi connectivity index (χ4n) is 3.51. The zero-order valence-corrected chi connectivity index (χ0v) is 15.7. The van der Waals surface area contributed by atoms with E-state index in [2.05, 4.69) is 17.0 Å². The van der Waals surface area contributed by atoms with E-state index in [0.29, 0.717) is 22.6 Å². The molecule has 28 heavy (non-hydrogen) atoms. The number of likely N-dealkylation sites (tertiary alicyclic amines) is 1. The SMILES string of the molecule is CC1CCN(C(=O)CCn2cnc3c(cnn3-c3ccc(F)cc3)c2=O)CC1. The van der Waals surface area contributed by atoms with Crippen molar-refractivity contribution in [3.8, 4) is 5.69 Å². The number of hydrogen-bond acceptors (Lipinski definition) is 4. The topological polar surface area (TPSA) is 73.0 Å². The monoisotopic (exact) mass is 383 g/mol.